The lowest BCUT2D eigenvalue weighted by molar-refractivity contribution is -0.122. The highest BCUT2D eigenvalue weighted by Crippen LogP contribution is 2.20. The van der Waals surface area contributed by atoms with Gasteiger partial charge in [-0.25, -0.2) is 4.39 Å². The van der Waals surface area contributed by atoms with Gasteiger partial charge < -0.3 is 15.8 Å². The van der Waals surface area contributed by atoms with Crippen LogP contribution in [0.15, 0.2) is 42.5 Å². The van der Waals surface area contributed by atoms with Crippen molar-refractivity contribution in [1.82, 2.24) is 0 Å². The van der Waals surface area contributed by atoms with Gasteiger partial charge in [-0.3, -0.25) is 9.59 Å². The van der Waals surface area contributed by atoms with Crippen molar-refractivity contribution in [3.8, 4) is 5.75 Å². The molecule has 2 amide bonds. The zero-order valence-electron chi connectivity index (χ0n) is 12.2. The fourth-order valence-corrected chi connectivity index (χ4v) is 1.99. The topological polar surface area (TPSA) is 81.4 Å². The van der Waals surface area contributed by atoms with Crippen molar-refractivity contribution in [2.45, 2.75) is 13.0 Å². The van der Waals surface area contributed by atoms with Crippen molar-refractivity contribution >= 4 is 29.1 Å². The van der Waals surface area contributed by atoms with E-state index in [1.165, 1.54) is 19.1 Å². The van der Waals surface area contributed by atoms with Crippen LogP contribution in [0, 0.1) is 5.82 Å². The van der Waals surface area contributed by atoms with E-state index in [1.807, 2.05) is 0 Å². The highest BCUT2D eigenvalue weighted by Gasteiger charge is 2.17. The molecule has 0 aliphatic heterocycles. The lowest BCUT2D eigenvalue weighted by Gasteiger charge is -2.15. The van der Waals surface area contributed by atoms with Gasteiger partial charge in [-0.05, 0) is 43.3 Å². The number of ether oxygens (including phenoxy) is 1. The van der Waals surface area contributed by atoms with Crippen LogP contribution in [0.25, 0.3) is 0 Å². The number of primary amides is 1. The Morgan fingerprint density at radius 3 is 2.65 bits per heavy atom. The van der Waals surface area contributed by atoms with Crippen LogP contribution in [-0.4, -0.2) is 17.9 Å². The number of hydrogen-bond donors (Lipinski definition) is 2. The van der Waals surface area contributed by atoms with Gasteiger partial charge in [0.05, 0.1) is 5.69 Å². The number of carbonyl (C=O) groups excluding carboxylic acids is 2. The summed E-state index contributed by atoms with van der Waals surface area (Å²) in [5, 5.41) is 2.83. The standard InChI is InChI=1S/C16H14ClFN2O3/c1-9(23-12-4-2-3-11(17)8-12)16(22)20-14-7-10(15(19)21)5-6-13(14)18/h2-9H,1H3,(H2,19,21)(H,20,22). The Morgan fingerprint density at radius 2 is 2.00 bits per heavy atom. The number of halogens is 2. The number of nitrogens with one attached hydrogen (secondary N) is 1. The van der Waals surface area contributed by atoms with Gasteiger partial charge in [0, 0.05) is 10.6 Å². The van der Waals surface area contributed by atoms with Crippen molar-refractivity contribution < 1.29 is 18.7 Å². The molecule has 0 fully saturated rings. The number of carbonyl (C=O) groups is 2. The zero-order valence-corrected chi connectivity index (χ0v) is 12.9. The van der Waals surface area contributed by atoms with E-state index in [1.54, 1.807) is 24.3 Å². The molecule has 5 nitrogen and oxygen atoms in total. The van der Waals surface area contributed by atoms with Crippen molar-refractivity contribution in [2.24, 2.45) is 5.73 Å². The van der Waals surface area contributed by atoms with Crippen LogP contribution in [0.1, 0.15) is 17.3 Å². The maximum Gasteiger partial charge on any atom is 0.265 e. The van der Waals surface area contributed by atoms with Gasteiger partial charge in [0.2, 0.25) is 5.91 Å². The number of anilines is 1. The minimum Gasteiger partial charge on any atom is -0.481 e. The molecule has 2 rings (SSSR count). The van der Waals surface area contributed by atoms with Crippen molar-refractivity contribution in [3.63, 3.8) is 0 Å². The molecule has 7 heteroatoms. The van der Waals surface area contributed by atoms with E-state index in [0.717, 1.165) is 6.07 Å². The summed E-state index contributed by atoms with van der Waals surface area (Å²) in [6.07, 6.45) is -0.898. The molecule has 0 aromatic heterocycles. The fourth-order valence-electron chi connectivity index (χ4n) is 1.81. The summed E-state index contributed by atoms with van der Waals surface area (Å²) in [4.78, 5) is 23.2. The van der Waals surface area contributed by atoms with E-state index in [2.05, 4.69) is 5.32 Å². The molecule has 23 heavy (non-hydrogen) atoms. The Morgan fingerprint density at radius 1 is 1.26 bits per heavy atom. The quantitative estimate of drug-likeness (QED) is 0.880. The molecule has 2 aromatic carbocycles. The summed E-state index contributed by atoms with van der Waals surface area (Å²) >= 11 is 5.83. The molecule has 1 atom stereocenters. The Balaban J connectivity index is 2.09. The highest BCUT2D eigenvalue weighted by molar-refractivity contribution is 6.30. The molecule has 120 valence electrons. The van der Waals surface area contributed by atoms with E-state index in [-0.39, 0.29) is 11.3 Å². The van der Waals surface area contributed by atoms with E-state index < -0.39 is 23.7 Å². The van der Waals surface area contributed by atoms with Gasteiger partial charge in [-0.2, -0.15) is 0 Å². The molecule has 0 saturated heterocycles. The van der Waals surface area contributed by atoms with E-state index in [9.17, 15) is 14.0 Å². The SMILES string of the molecule is CC(Oc1cccc(Cl)c1)C(=O)Nc1cc(C(N)=O)ccc1F. The van der Waals surface area contributed by atoms with Crippen molar-refractivity contribution in [3.05, 3.63) is 58.9 Å². The summed E-state index contributed by atoms with van der Waals surface area (Å²) in [6, 6.07) is 10.0. The predicted molar refractivity (Wildman–Crippen MR) is 85.1 cm³/mol. The fraction of sp³-hybridized carbons (Fsp3) is 0.125. The Kier molecular flexibility index (Phi) is 5.18. The number of benzene rings is 2. The predicted octanol–water partition coefficient (Wildman–Crippen LogP) is 2.98. The van der Waals surface area contributed by atoms with Gasteiger partial charge in [0.1, 0.15) is 11.6 Å². The Labute approximate surface area is 137 Å². The summed E-state index contributed by atoms with van der Waals surface area (Å²) in [6.45, 7) is 1.51. The maximum absolute atomic E-state index is 13.7. The molecule has 0 heterocycles. The molecule has 0 radical (unpaired) electrons. The van der Waals surface area contributed by atoms with Crippen LogP contribution in [0.5, 0.6) is 5.75 Å². The van der Waals surface area contributed by atoms with E-state index in [4.69, 9.17) is 22.1 Å². The molecule has 2 aromatic rings. The second-order valence-electron chi connectivity index (χ2n) is 4.77. The van der Waals surface area contributed by atoms with Crippen LogP contribution in [0.3, 0.4) is 0 Å². The van der Waals surface area contributed by atoms with Crippen LogP contribution >= 0.6 is 11.6 Å². The third kappa shape index (κ3) is 4.43. The van der Waals surface area contributed by atoms with Gasteiger partial charge in [0.25, 0.3) is 5.91 Å². The van der Waals surface area contributed by atoms with Crippen molar-refractivity contribution in [1.29, 1.82) is 0 Å². The largest absolute Gasteiger partial charge is 0.481 e. The van der Waals surface area contributed by atoms with E-state index >= 15 is 0 Å². The van der Waals surface area contributed by atoms with Gasteiger partial charge in [-0.1, -0.05) is 17.7 Å². The first-order valence-electron chi connectivity index (χ1n) is 6.69. The average Bonchev–Trinajstić information content (AvgIpc) is 2.49. The molecule has 0 aliphatic carbocycles. The third-order valence-corrected chi connectivity index (χ3v) is 3.22. The average molecular weight is 337 g/mol. The van der Waals surface area contributed by atoms with Crippen molar-refractivity contribution in [2.75, 3.05) is 5.32 Å². The molecule has 1 unspecified atom stereocenters. The van der Waals surface area contributed by atoms with E-state index in [0.29, 0.717) is 10.8 Å². The smallest absolute Gasteiger partial charge is 0.265 e. The van der Waals surface area contributed by atoms with Crippen LogP contribution in [-0.2, 0) is 4.79 Å². The molecular formula is C16H14ClFN2O3. The number of amides is 2. The van der Waals surface area contributed by atoms with Crippen LogP contribution in [0.4, 0.5) is 10.1 Å². The highest BCUT2D eigenvalue weighted by atomic mass is 35.5. The molecule has 0 aliphatic rings. The number of nitrogens with two attached hydrogens (primary N) is 1. The number of rotatable bonds is 5. The first-order chi connectivity index (χ1) is 10.9. The Bertz CT molecular complexity index is 752. The summed E-state index contributed by atoms with van der Waals surface area (Å²) in [5.41, 5.74) is 5.07. The normalized spacial score (nSPS) is 11.6. The monoisotopic (exact) mass is 336 g/mol. The Hall–Kier alpha value is -2.60. The maximum atomic E-state index is 13.7. The lowest BCUT2D eigenvalue weighted by atomic mass is 10.2. The zero-order chi connectivity index (χ0) is 17.0. The van der Waals surface area contributed by atoms with Crippen LogP contribution in [0.2, 0.25) is 5.02 Å². The van der Waals surface area contributed by atoms with Crippen LogP contribution < -0.4 is 15.8 Å². The molecule has 0 spiro atoms. The van der Waals surface area contributed by atoms with Gasteiger partial charge in [-0.15, -0.1) is 0 Å². The lowest BCUT2D eigenvalue weighted by Crippen LogP contribution is -2.30. The van der Waals surface area contributed by atoms with Gasteiger partial charge in [0.15, 0.2) is 6.10 Å². The molecular weight excluding hydrogens is 323 g/mol. The summed E-state index contributed by atoms with van der Waals surface area (Å²) in [7, 11) is 0. The summed E-state index contributed by atoms with van der Waals surface area (Å²) < 4.78 is 19.1. The summed E-state index contributed by atoms with van der Waals surface area (Å²) in [5.74, 6) is -1.57. The second-order valence-corrected chi connectivity index (χ2v) is 5.20. The molecule has 3 N–H and O–H groups in total. The number of hydrogen-bond acceptors (Lipinski definition) is 3. The second kappa shape index (κ2) is 7.11. The third-order valence-electron chi connectivity index (χ3n) is 2.99. The minimum absolute atomic E-state index is 0.0881. The van der Waals surface area contributed by atoms with Gasteiger partial charge >= 0.3 is 0 Å². The first-order valence-corrected chi connectivity index (χ1v) is 7.07. The molecule has 0 bridgehead atoms. The minimum atomic E-state index is -0.898. The molecule has 0 saturated carbocycles. The first kappa shape index (κ1) is 16.8.